The third kappa shape index (κ3) is 4.92. The van der Waals surface area contributed by atoms with E-state index in [-0.39, 0.29) is 5.91 Å². The summed E-state index contributed by atoms with van der Waals surface area (Å²) in [7, 11) is 0. The Morgan fingerprint density at radius 3 is 2.80 bits per heavy atom. The van der Waals surface area contributed by atoms with Crippen LogP contribution >= 0.6 is 0 Å². The molecule has 0 spiro atoms. The molecule has 10 heteroatoms. The van der Waals surface area contributed by atoms with Gasteiger partial charge >= 0.3 is 0 Å². The van der Waals surface area contributed by atoms with Crippen molar-refractivity contribution in [2.45, 2.75) is 64.6 Å². The highest BCUT2D eigenvalue weighted by Gasteiger charge is 2.30. The number of carbonyl (C=O) groups excluding carboxylic acids is 1. The lowest BCUT2D eigenvalue weighted by molar-refractivity contribution is 0.102. The Balaban J connectivity index is 1.26. The Hall–Kier alpha value is -3.92. The Kier molecular flexibility index (Phi) is 6.42. The number of nitrogens with zero attached hydrogens (tertiary/aromatic N) is 5. The van der Waals surface area contributed by atoms with E-state index in [1.165, 1.54) is 0 Å². The van der Waals surface area contributed by atoms with Gasteiger partial charge in [-0.05, 0) is 75.3 Å². The molecular formula is C30H35N7O3. The number of aryl methyl sites for hydroxylation is 1. The smallest absolute Gasteiger partial charge is 0.258 e. The van der Waals surface area contributed by atoms with E-state index in [9.17, 15) is 4.79 Å². The van der Waals surface area contributed by atoms with Crippen LogP contribution in [0.25, 0.3) is 22.3 Å². The van der Waals surface area contributed by atoms with Crippen molar-refractivity contribution in [3.63, 3.8) is 0 Å². The number of pyridine rings is 1. The average Bonchev–Trinajstić information content (AvgIpc) is 3.33. The second-order valence-corrected chi connectivity index (χ2v) is 11.4. The third-order valence-corrected chi connectivity index (χ3v) is 7.98. The summed E-state index contributed by atoms with van der Waals surface area (Å²) in [5.74, 6) is 1.44. The van der Waals surface area contributed by atoms with Crippen LogP contribution in [0.1, 0.15) is 61.1 Å². The molecule has 1 aromatic carbocycles. The van der Waals surface area contributed by atoms with E-state index in [0.29, 0.717) is 48.4 Å². The molecule has 2 aliphatic heterocycles. The summed E-state index contributed by atoms with van der Waals surface area (Å²) in [6.07, 6.45) is 6.91. The molecule has 1 aliphatic carbocycles. The number of ether oxygens (including phenoxy) is 2. The van der Waals surface area contributed by atoms with Crippen LogP contribution in [0.2, 0.25) is 0 Å². The molecule has 2 N–H and O–H groups in total. The molecule has 208 valence electrons. The quantitative estimate of drug-likeness (QED) is 0.367. The van der Waals surface area contributed by atoms with Crippen LogP contribution in [-0.2, 0) is 11.3 Å². The van der Waals surface area contributed by atoms with E-state index in [0.717, 1.165) is 79.1 Å². The van der Waals surface area contributed by atoms with Crippen molar-refractivity contribution in [1.29, 1.82) is 0 Å². The van der Waals surface area contributed by atoms with Crippen molar-refractivity contribution in [3.8, 4) is 17.1 Å². The summed E-state index contributed by atoms with van der Waals surface area (Å²) in [6, 6.07) is 10.6. The minimum atomic E-state index is -0.218. The molecule has 5 heterocycles. The van der Waals surface area contributed by atoms with Gasteiger partial charge in [-0.1, -0.05) is 6.92 Å². The maximum absolute atomic E-state index is 13.7. The van der Waals surface area contributed by atoms with Crippen LogP contribution in [0.5, 0.6) is 5.88 Å². The first-order valence-corrected chi connectivity index (χ1v) is 14.4. The number of carbonyl (C=O) groups is 1. The number of nitrogens with one attached hydrogen (secondary N) is 2. The van der Waals surface area contributed by atoms with Crippen molar-refractivity contribution in [1.82, 2.24) is 24.3 Å². The summed E-state index contributed by atoms with van der Waals surface area (Å²) in [4.78, 5) is 23.3. The van der Waals surface area contributed by atoms with E-state index < -0.39 is 0 Å². The highest BCUT2D eigenvalue weighted by Crippen LogP contribution is 2.41. The Bertz CT molecular complexity index is 1570. The van der Waals surface area contributed by atoms with Crippen molar-refractivity contribution in [2.75, 3.05) is 30.5 Å². The SMILES string of the molecule is Cc1cc2cc(n1)-c1cnn(C3CC3)c1OCCC[C@@H](C)Cn1c(nc3cc(N[C@@H]4CCOC4)ccc31)NC2=O. The highest BCUT2D eigenvalue weighted by molar-refractivity contribution is 6.05. The van der Waals surface area contributed by atoms with E-state index >= 15 is 0 Å². The molecule has 2 atom stereocenters. The van der Waals surface area contributed by atoms with Gasteiger partial charge < -0.3 is 19.4 Å². The largest absolute Gasteiger partial charge is 0.477 e. The molecule has 1 amide bonds. The van der Waals surface area contributed by atoms with Gasteiger partial charge in [-0.25, -0.2) is 9.67 Å². The van der Waals surface area contributed by atoms with Crippen molar-refractivity contribution in [2.24, 2.45) is 5.92 Å². The minimum absolute atomic E-state index is 0.218. The van der Waals surface area contributed by atoms with E-state index in [4.69, 9.17) is 19.4 Å². The van der Waals surface area contributed by atoms with Crippen LogP contribution in [0.15, 0.2) is 36.5 Å². The molecule has 7 rings (SSSR count). The monoisotopic (exact) mass is 541 g/mol. The average molecular weight is 542 g/mol. The number of imidazole rings is 1. The fraction of sp³-hybridized carbons (Fsp3) is 0.467. The van der Waals surface area contributed by atoms with Crippen LogP contribution < -0.4 is 15.4 Å². The molecule has 3 aromatic heterocycles. The molecule has 2 bridgehead atoms. The predicted molar refractivity (Wildman–Crippen MR) is 153 cm³/mol. The standard InChI is InChI=1S/C30H35N7O3/c1-18-4-3-10-40-29-24(15-31-37(29)23-6-7-23)25-13-20(12-19(2)32-25)28(38)35-30-34-26-14-21(33-22-9-11-39-17-22)5-8-27(26)36(30)16-18/h5,8,12-15,18,22-23,33H,3-4,6-7,9-11,16-17H2,1-2H3,(H,34,35,38)/t18-,22-/m1/s1. The predicted octanol–water partition coefficient (Wildman–Crippen LogP) is 5.20. The molecule has 4 aromatic rings. The number of anilines is 2. The summed E-state index contributed by atoms with van der Waals surface area (Å²) >= 11 is 0. The number of hydrogen-bond donors (Lipinski definition) is 2. The Morgan fingerprint density at radius 1 is 1.07 bits per heavy atom. The van der Waals surface area contributed by atoms with Gasteiger partial charge in [0.25, 0.3) is 5.91 Å². The topological polar surface area (TPSA) is 108 Å². The van der Waals surface area contributed by atoms with Crippen LogP contribution in [0, 0.1) is 12.8 Å². The second-order valence-electron chi connectivity index (χ2n) is 11.4. The maximum Gasteiger partial charge on any atom is 0.258 e. The molecule has 2 fully saturated rings. The molecule has 0 radical (unpaired) electrons. The van der Waals surface area contributed by atoms with E-state index in [1.807, 2.05) is 29.9 Å². The molecule has 3 aliphatic rings. The van der Waals surface area contributed by atoms with Crippen LogP contribution in [0.3, 0.4) is 0 Å². The molecule has 40 heavy (non-hydrogen) atoms. The van der Waals surface area contributed by atoms with Gasteiger partial charge in [0.1, 0.15) is 0 Å². The van der Waals surface area contributed by atoms with Gasteiger partial charge in [0.05, 0.1) is 53.8 Å². The molecule has 10 nitrogen and oxygen atoms in total. The van der Waals surface area contributed by atoms with Gasteiger partial charge in [-0.3, -0.25) is 15.1 Å². The number of rotatable bonds is 3. The lowest BCUT2D eigenvalue weighted by Crippen LogP contribution is -2.18. The molecule has 1 saturated heterocycles. The van der Waals surface area contributed by atoms with E-state index in [1.54, 1.807) is 0 Å². The van der Waals surface area contributed by atoms with Crippen molar-refractivity contribution in [3.05, 3.63) is 47.8 Å². The summed E-state index contributed by atoms with van der Waals surface area (Å²) in [5, 5.41) is 11.3. The maximum atomic E-state index is 13.7. The lowest BCUT2D eigenvalue weighted by atomic mass is 10.1. The molecular weight excluding hydrogens is 506 g/mol. The second kappa shape index (κ2) is 10.2. The molecule has 0 unspecified atom stereocenters. The fourth-order valence-corrected chi connectivity index (χ4v) is 5.75. The van der Waals surface area contributed by atoms with E-state index in [2.05, 4.69) is 45.4 Å². The van der Waals surface area contributed by atoms with Crippen molar-refractivity contribution < 1.29 is 14.3 Å². The van der Waals surface area contributed by atoms with Gasteiger partial charge in [0, 0.05) is 30.1 Å². The highest BCUT2D eigenvalue weighted by atomic mass is 16.5. The summed E-state index contributed by atoms with van der Waals surface area (Å²) in [5.41, 5.74) is 5.65. The third-order valence-electron chi connectivity index (χ3n) is 7.98. The first kappa shape index (κ1) is 25.1. The van der Waals surface area contributed by atoms with Crippen LogP contribution in [0.4, 0.5) is 11.6 Å². The number of benzene rings is 1. The zero-order valence-corrected chi connectivity index (χ0v) is 23.0. The molecule has 1 saturated carbocycles. The normalized spacial score (nSPS) is 21.6. The van der Waals surface area contributed by atoms with Gasteiger partial charge in [-0.2, -0.15) is 5.10 Å². The number of amides is 1. The Morgan fingerprint density at radius 2 is 1.98 bits per heavy atom. The minimum Gasteiger partial charge on any atom is -0.477 e. The number of hydrogen-bond acceptors (Lipinski definition) is 7. The summed E-state index contributed by atoms with van der Waals surface area (Å²) < 4.78 is 16.0. The summed E-state index contributed by atoms with van der Waals surface area (Å²) in [6.45, 7) is 6.98. The van der Waals surface area contributed by atoms with Crippen molar-refractivity contribution >= 4 is 28.6 Å². The number of fused-ring (bicyclic) bond motifs is 7. The van der Waals surface area contributed by atoms with Crippen LogP contribution in [-0.4, -0.2) is 56.1 Å². The van der Waals surface area contributed by atoms with Gasteiger partial charge in [0.2, 0.25) is 11.8 Å². The number of aromatic nitrogens is 5. The Labute approximate surface area is 233 Å². The zero-order valence-electron chi connectivity index (χ0n) is 23.0. The first-order valence-electron chi connectivity index (χ1n) is 14.4. The van der Waals surface area contributed by atoms with Gasteiger partial charge in [-0.15, -0.1) is 0 Å². The lowest BCUT2D eigenvalue weighted by Gasteiger charge is -2.16. The zero-order chi connectivity index (χ0) is 27.2. The van der Waals surface area contributed by atoms with Gasteiger partial charge in [0.15, 0.2) is 0 Å². The first-order chi connectivity index (χ1) is 19.5. The fourth-order valence-electron chi connectivity index (χ4n) is 5.75.